The number of aromatic nitrogens is 6. The number of rotatable bonds is 29. The highest BCUT2D eigenvalue weighted by molar-refractivity contribution is 9.10. The van der Waals surface area contributed by atoms with Gasteiger partial charge in [0.1, 0.15) is 39.3 Å². The van der Waals surface area contributed by atoms with Gasteiger partial charge in [-0.3, -0.25) is 22.8 Å². The number of alkyl halides is 2. The van der Waals surface area contributed by atoms with Crippen LogP contribution in [0.1, 0.15) is 97.2 Å². The van der Waals surface area contributed by atoms with Gasteiger partial charge in [-0.25, -0.2) is 61.6 Å². The molecule has 0 bridgehead atoms. The molecular formula is C68H81BrF2N6O19S4. The monoisotopic (exact) mass is 1530 g/mol. The van der Waals surface area contributed by atoms with E-state index in [1.807, 2.05) is 32.0 Å². The smallest absolute Gasteiger partial charge is 0.338 e. The van der Waals surface area contributed by atoms with Crippen molar-refractivity contribution in [2.45, 2.75) is 84.1 Å². The molecule has 0 amide bonds. The van der Waals surface area contributed by atoms with E-state index in [1.54, 1.807) is 98.3 Å². The van der Waals surface area contributed by atoms with Crippen molar-refractivity contribution in [1.82, 2.24) is 27.8 Å². The third-order valence-corrected chi connectivity index (χ3v) is 20.3. The van der Waals surface area contributed by atoms with E-state index in [-0.39, 0.29) is 52.7 Å². The molecule has 3 heterocycles. The molecular weight excluding hydrogens is 1450 g/mol. The predicted molar refractivity (Wildman–Crippen MR) is 382 cm³/mol. The standard InChI is InChI=1S/C24H28F2N2O7S.C22H27BrN2O7S2.C22H26N2O5S/c1-5-34-21-12-15(8-10-20(21)33-3)19(14-36(4,31)32)28-17-9-7-16(23(29)35-6-2)11-18(17)27(24(28)30)13-22(25)26;1-5-32-21-12-15(6-9-20(21)31-2)19(14-34(4,29)30)25-17-8-7-16(23)13-18(17)24(22(25)26)10-11-33(3,27)28;1-4-29-20-12-15(10-11-19(20)28-2)18(13-30(3,26)27)24-17-7-5-6-16(14-8-9-14)21(17)23-22(24)25/h7-12,19,22H,5-6,13-14H2,1-4H3;6-9,12-13,19H,5,10-11,14H2,1-4H3;5-7,10-12,14,18H,4,8-9,13H2,1-3H3,(H,23,25)/t2*19-;18-/m000/s1. The maximum absolute atomic E-state index is 13.6. The lowest BCUT2D eigenvalue weighted by molar-refractivity contribution is 0.0526. The second kappa shape index (κ2) is 32.5. The van der Waals surface area contributed by atoms with E-state index in [0.717, 1.165) is 51.8 Å². The first-order valence-electron chi connectivity index (χ1n) is 31.6. The minimum absolute atomic E-state index is 0.0582. The quantitative estimate of drug-likeness (QED) is 0.0427. The van der Waals surface area contributed by atoms with E-state index < -0.39 is 93.5 Å². The largest absolute Gasteiger partial charge is 0.493 e. The van der Waals surface area contributed by atoms with Crippen LogP contribution < -0.4 is 45.5 Å². The number of hydrogen-bond acceptors (Lipinski definition) is 19. The van der Waals surface area contributed by atoms with Crippen molar-refractivity contribution in [3.8, 4) is 34.5 Å². The van der Waals surface area contributed by atoms with Crippen molar-refractivity contribution in [1.29, 1.82) is 0 Å². The molecule has 0 spiro atoms. The first-order valence-corrected chi connectivity index (χ1v) is 40.7. The summed E-state index contributed by atoms with van der Waals surface area (Å²) < 4.78 is 170. The minimum atomic E-state index is -3.65. The molecule has 0 aliphatic heterocycles. The fourth-order valence-corrected chi connectivity index (χ4v) is 15.4. The lowest BCUT2D eigenvalue weighted by Crippen LogP contribution is -2.32. The summed E-state index contributed by atoms with van der Waals surface area (Å²) in [6, 6.07) is 27.5. The van der Waals surface area contributed by atoms with Gasteiger partial charge in [-0.1, -0.05) is 46.3 Å². The number of fused-ring (bicyclic) bond motifs is 3. The third kappa shape index (κ3) is 18.9. The summed E-state index contributed by atoms with van der Waals surface area (Å²) in [6.07, 6.45) is 3.76. The van der Waals surface area contributed by atoms with Gasteiger partial charge in [0, 0.05) is 36.0 Å². The van der Waals surface area contributed by atoms with E-state index in [9.17, 15) is 61.6 Å². The van der Waals surface area contributed by atoms with Gasteiger partial charge in [0.2, 0.25) is 0 Å². The van der Waals surface area contributed by atoms with Crippen molar-refractivity contribution < 1.29 is 80.4 Å². The van der Waals surface area contributed by atoms with Gasteiger partial charge in [0.05, 0.1) is 134 Å². The first-order chi connectivity index (χ1) is 47.2. The zero-order chi connectivity index (χ0) is 73.3. The van der Waals surface area contributed by atoms with Gasteiger partial charge >= 0.3 is 23.0 Å². The number of imidazole rings is 3. The number of carbonyl (C=O) groups is 1. The number of nitrogens with one attached hydrogen (secondary N) is 1. The van der Waals surface area contributed by atoms with Crippen LogP contribution in [0.2, 0.25) is 0 Å². The number of hydrogen-bond donors (Lipinski definition) is 1. The molecule has 0 radical (unpaired) electrons. The van der Waals surface area contributed by atoms with E-state index in [4.69, 9.17) is 33.2 Å². The van der Waals surface area contributed by atoms with Gasteiger partial charge in [0.15, 0.2) is 34.5 Å². The van der Waals surface area contributed by atoms with Gasteiger partial charge in [-0.15, -0.1) is 0 Å². The molecule has 3 aromatic heterocycles. The molecule has 1 aliphatic carbocycles. The van der Waals surface area contributed by atoms with Crippen molar-refractivity contribution in [3.05, 3.63) is 173 Å². The fraction of sp³-hybridized carbons (Fsp3) is 0.412. The summed E-state index contributed by atoms with van der Waals surface area (Å²) in [4.78, 5) is 55.3. The van der Waals surface area contributed by atoms with E-state index in [2.05, 4.69) is 20.9 Å². The Bertz CT molecular complexity index is 5140. The molecule has 1 aliphatic rings. The van der Waals surface area contributed by atoms with Gasteiger partial charge in [0.25, 0.3) is 6.43 Å². The Hall–Kier alpha value is -8.46. The normalized spacial score (nSPS) is 13.6. The summed E-state index contributed by atoms with van der Waals surface area (Å²) in [6.45, 7) is 7.30. The number of methoxy groups -OCH3 is 3. The lowest BCUT2D eigenvalue weighted by Gasteiger charge is -2.20. The van der Waals surface area contributed by atoms with Crippen LogP contribution in [0.4, 0.5) is 8.78 Å². The molecule has 0 saturated heterocycles. The van der Waals surface area contributed by atoms with Crippen LogP contribution in [0, 0.1) is 0 Å². The number of sulfone groups is 4. The number of para-hydroxylation sites is 1. The van der Waals surface area contributed by atoms with Crippen molar-refractivity contribution in [2.75, 3.05) is 95.8 Å². The Labute approximate surface area is 586 Å². The summed E-state index contributed by atoms with van der Waals surface area (Å²) in [5.41, 5.74) is 3.90. The fourth-order valence-electron chi connectivity index (χ4n) is 11.8. The zero-order valence-electron chi connectivity index (χ0n) is 57.0. The van der Waals surface area contributed by atoms with E-state index in [0.29, 0.717) is 97.9 Å². The van der Waals surface area contributed by atoms with Crippen LogP contribution in [-0.4, -0.2) is 170 Å². The number of halogens is 3. The van der Waals surface area contributed by atoms with Crippen molar-refractivity contribution >= 4 is 94.3 Å². The van der Waals surface area contributed by atoms with E-state index in [1.165, 1.54) is 47.8 Å². The summed E-state index contributed by atoms with van der Waals surface area (Å²) >= 11 is 3.40. The first kappa shape index (κ1) is 77.3. The highest BCUT2D eigenvalue weighted by Crippen LogP contribution is 2.43. The Kier molecular flexibility index (Phi) is 25.1. The summed E-state index contributed by atoms with van der Waals surface area (Å²) in [7, 11) is -9.39. The van der Waals surface area contributed by atoms with E-state index >= 15 is 0 Å². The third-order valence-electron chi connectivity index (χ3n) is 16.1. The Morgan fingerprint density at radius 1 is 0.520 bits per heavy atom. The molecule has 1 fully saturated rings. The van der Waals surface area contributed by atoms with Crippen molar-refractivity contribution in [2.24, 2.45) is 0 Å². The maximum atomic E-state index is 13.6. The molecule has 32 heteroatoms. The number of aryl methyl sites for hydroxylation is 1. The SMILES string of the molecule is CCOC(=O)c1ccc2c(c1)n(CC(F)F)c(=O)n2[C@@H](CS(C)(=O)=O)c1ccc(OC)c(OCC)c1.CCOc1cc([C@H](CS(C)(=O)=O)n2c(=O)[nH]c3c(C4CC4)cccc32)ccc1OC.CCOc1cc([C@H](CS(C)(=O)=O)n2c(=O)n(CCS(C)(=O)=O)c3cc(Br)ccc32)ccc1OC. The number of carbonyl (C=O) groups excluding carboxylic acids is 1. The topological polar surface area (TPSA) is 310 Å². The van der Waals surface area contributed by atoms with Crippen LogP contribution in [0.3, 0.4) is 0 Å². The van der Waals surface area contributed by atoms with Crippen LogP contribution in [0.25, 0.3) is 33.1 Å². The average Bonchev–Trinajstić information content (AvgIpc) is 1.61. The molecule has 10 rings (SSSR count). The van der Waals surface area contributed by atoms with Gasteiger partial charge in [-0.05, 0) is 148 Å². The van der Waals surface area contributed by atoms with Gasteiger partial charge < -0.3 is 38.1 Å². The van der Waals surface area contributed by atoms with Gasteiger partial charge in [-0.2, -0.15) is 0 Å². The molecule has 6 aromatic carbocycles. The average molecular weight is 1530 g/mol. The highest BCUT2D eigenvalue weighted by atomic mass is 79.9. The van der Waals surface area contributed by atoms with Crippen molar-refractivity contribution in [3.63, 3.8) is 0 Å². The van der Waals surface area contributed by atoms with Crippen LogP contribution in [-0.2, 0) is 57.2 Å². The molecule has 100 heavy (non-hydrogen) atoms. The molecule has 0 unspecified atom stereocenters. The molecule has 542 valence electrons. The zero-order valence-corrected chi connectivity index (χ0v) is 61.9. The Balaban J connectivity index is 0.000000191. The van der Waals surface area contributed by atoms with Crippen LogP contribution in [0.15, 0.2) is 128 Å². The second-order valence-electron chi connectivity index (χ2n) is 23.8. The predicted octanol–water partition coefficient (Wildman–Crippen LogP) is 9.19. The summed E-state index contributed by atoms with van der Waals surface area (Å²) in [5, 5.41) is 0. The second-order valence-corrected chi connectivity index (χ2v) is 33.5. The lowest BCUT2D eigenvalue weighted by atomic mass is 10.1. The Morgan fingerprint density at radius 3 is 1.37 bits per heavy atom. The molecule has 3 atom stereocenters. The Morgan fingerprint density at radius 2 is 0.960 bits per heavy atom. The minimum Gasteiger partial charge on any atom is -0.493 e. The number of esters is 1. The van der Waals surface area contributed by atoms with Crippen LogP contribution in [0.5, 0.6) is 34.5 Å². The molecule has 25 nitrogen and oxygen atoms in total. The van der Waals surface area contributed by atoms with Crippen LogP contribution >= 0.6 is 15.9 Å². The molecule has 9 aromatic rings. The molecule has 1 saturated carbocycles. The number of aromatic amines is 1. The number of H-pyrrole nitrogens is 1. The molecule has 1 N–H and O–H groups in total. The summed E-state index contributed by atoms with van der Waals surface area (Å²) in [5.74, 6) is 1.25. The number of nitrogens with zero attached hydrogens (tertiary/aromatic N) is 5. The maximum Gasteiger partial charge on any atom is 0.338 e. The number of ether oxygens (including phenoxy) is 7. The highest BCUT2D eigenvalue weighted by Gasteiger charge is 2.33. The number of benzene rings is 6.